The molecule has 2 rings (SSSR count). The van der Waals surface area contributed by atoms with Gasteiger partial charge in [-0.25, -0.2) is 17.9 Å². The first kappa shape index (κ1) is 20.6. The summed E-state index contributed by atoms with van der Waals surface area (Å²) < 4.78 is 31.0. The summed E-state index contributed by atoms with van der Waals surface area (Å²) in [5.41, 5.74) is 1.27. The van der Waals surface area contributed by atoms with E-state index in [2.05, 4.69) is 10.0 Å². The van der Waals surface area contributed by atoms with Crippen LogP contribution in [-0.2, 0) is 26.0 Å². The fourth-order valence-electron chi connectivity index (χ4n) is 2.30. The first-order valence-corrected chi connectivity index (χ1v) is 9.98. The van der Waals surface area contributed by atoms with Crippen LogP contribution in [0.5, 0.6) is 0 Å². The molecule has 0 heterocycles. The third-order valence-corrected chi connectivity index (χ3v) is 5.21. The Morgan fingerprint density at radius 3 is 2.30 bits per heavy atom. The number of sulfonamides is 1. The Bertz CT molecular complexity index is 865. The minimum Gasteiger partial charge on any atom is -0.452 e. The zero-order valence-corrected chi connectivity index (χ0v) is 15.8. The highest BCUT2D eigenvalue weighted by molar-refractivity contribution is 7.89. The first-order chi connectivity index (χ1) is 12.9. The number of hydrogen-bond acceptors (Lipinski definition) is 5. The molecule has 0 fully saturated rings. The van der Waals surface area contributed by atoms with Gasteiger partial charge in [0.25, 0.3) is 5.91 Å². The minimum atomic E-state index is -3.58. The van der Waals surface area contributed by atoms with Gasteiger partial charge in [0.05, 0.1) is 10.5 Å². The molecule has 27 heavy (non-hydrogen) atoms. The van der Waals surface area contributed by atoms with Gasteiger partial charge in [-0.05, 0) is 36.2 Å². The van der Waals surface area contributed by atoms with E-state index in [1.54, 1.807) is 6.92 Å². The van der Waals surface area contributed by atoms with E-state index in [9.17, 15) is 18.0 Å². The van der Waals surface area contributed by atoms with Crippen molar-refractivity contribution in [1.82, 2.24) is 10.0 Å². The van der Waals surface area contributed by atoms with Crippen molar-refractivity contribution in [2.24, 2.45) is 0 Å². The molecule has 0 saturated carbocycles. The van der Waals surface area contributed by atoms with Gasteiger partial charge in [-0.2, -0.15) is 0 Å². The van der Waals surface area contributed by atoms with Crippen LogP contribution >= 0.6 is 0 Å². The quantitative estimate of drug-likeness (QED) is 0.632. The van der Waals surface area contributed by atoms with E-state index < -0.39 is 28.5 Å². The summed E-state index contributed by atoms with van der Waals surface area (Å²) in [7, 11) is -3.58. The number of carbonyl (C=O) groups excluding carboxylic acids is 2. The van der Waals surface area contributed by atoms with Crippen molar-refractivity contribution in [3.05, 3.63) is 65.7 Å². The lowest BCUT2D eigenvalue weighted by Gasteiger charge is -2.08. The zero-order chi connectivity index (χ0) is 19.7. The fourth-order valence-corrected chi connectivity index (χ4v) is 3.34. The second kappa shape index (κ2) is 9.84. The van der Waals surface area contributed by atoms with Crippen LogP contribution in [-0.4, -0.2) is 40.0 Å². The lowest BCUT2D eigenvalue weighted by Crippen LogP contribution is -2.30. The van der Waals surface area contributed by atoms with Crippen LogP contribution in [0.2, 0.25) is 0 Å². The molecule has 0 spiro atoms. The highest BCUT2D eigenvalue weighted by Gasteiger charge is 2.15. The van der Waals surface area contributed by atoms with E-state index in [1.165, 1.54) is 24.3 Å². The summed E-state index contributed by atoms with van der Waals surface area (Å²) in [4.78, 5) is 23.8. The Labute approximate surface area is 158 Å². The summed E-state index contributed by atoms with van der Waals surface area (Å²) >= 11 is 0. The van der Waals surface area contributed by atoms with Gasteiger partial charge in [-0.1, -0.05) is 37.3 Å². The molecule has 2 N–H and O–H groups in total. The molecular weight excluding hydrogens is 368 g/mol. The Morgan fingerprint density at radius 2 is 1.67 bits per heavy atom. The second-order valence-corrected chi connectivity index (χ2v) is 7.45. The molecule has 144 valence electrons. The first-order valence-electron chi connectivity index (χ1n) is 8.50. The number of rotatable bonds is 9. The summed E-state index contributed by atoms with van der Waals surface area (Å²) in [6.07, 6.45) is 0.683. The minimum absolute atomic E-state index is 0.0551. The normalized spacial score (nSPS) is 11.0. The average molecular weight is 390 g/mol. The van der Waals surface area contributed by atoms with E-state index in [0.29, 0.717) is 13.0 Å². The molecular formula is C19H22N2O5S. The van der Waals surface area contributed by atoms with Gasteiger partial charge in [0.15, 0.2) is 6.61 Å². The second-order valence-electron chi connectivity index (χ2n) is 5.69. The van der Waals surface area contributed by atoms with Gasteiger partial charge in [0.1, 0.15) is 0 Å². The molecule has 7 nitrogen and oxygen atoms in total. The summed E-state index contributed by atoms with van der Waals surface area (Å²) in [5.74, 6) is -1.09. The van der Waals surface area contributed by atoms with Crippen molar-refractivity contribution in [1.29, 1.82) is 0 Å². The van der Waals surface area contributed by atoms with Gasteiger partial charge < -0.3 is 10.1 Å². The molecule has 0 aliphatic heterocycles. The molecule has 1 amide bonds. The lowest BCUT2D eigenvalue weighted by molar-refractivity contribution is -0.124. The molecule has 0 radical (unpaired) electrons. The predicted molar refractivity (Wildman–Crippen MR) is 101 cm³/mol. The number of carbonyl (C=O) groups is 2. The molecule has 2 aromatic carbocycles. The summed E-state index contributed by atoms with van der Waals surface area (Å²) in [6, 6.07) is 15.0. The number of hydrogen-bond donors (Lipinski definition) is 2. The highest BCUT2D eigenvalue weighted by Crippen LogP contribution is 2.11. The largest absolute Gasteiger partial charge is 0.452 e. The highest BCUT2D eigenvalue weighted by atomic mass is 32.2. The van der Waals surface area contributed by atoms with Gasteiger partial charge in [0.2, 0.25) is 10.0 Å². The van der Waals surface area contributed by atoms with Crippen LogP contribution in [0.4, 0.5) is 0 Å². The average Bonchev–Trinajstić information content (AvgIpc) is 2.67. The molecule has 0 saturated heterocycles. The van der Waals surface area contributed by atoms with E-state index >= 15 is 0 Å². The van der Waals surface area contributed by atoms with E-state index in [1.807, 2.05) is 30.3 Å². The maximum Gasteiger partial charge on any atom is 0.338 e. The van der Waals surface area contributed by atoms with Crippen molar-refractivity contribution in [2.75, 3.05) is 19.7 Å². The molecule has 0 aromatic heterocycles. The number of esters is 1. The van der Waals surface area contributed by atoms with Crippen molar-refractivity contribution in [3.8, 4) is 0 Å². The van der Waals surface area contributed by atoms with Gasteiger partial charge >= 0.3 is 5.97 Å². The van der Waals surface area contributed by atoms with Crippen LogP contribution in [0.25, 0.3) is 0 Å². The van der Waals surface area contributed by atoms with E-state index in [0.717, 1.165) is 5.56 Å². The number of amides is 1. The molecule has 0 atom stereocenters. The maximum atomic E-state index is 12.0. The van der Waals surface area contributed by atoms with Gasteiger partial charge in [0, 0.05) is 13.1 Å². The van der Waals surface area contributed by atoms with Crippen LogP contribution in [0.1, 0.15) is 22.8 Å². The Hall–Kier alpha value is -2.71. The Balaban J connectivity index is 1.78. The van der Waals surface area contributed by atoms with E-state index in [-0.39, 0.29) is 17.0 Å². The standard InChI is InChI=1S/C19H22N2O5S/c1-2-21-27(24,25)17-10-8-16(9-11-17)19(23)26-14-18(22)20-13-12-15-6-4-3-5-7-15/h3-11,21H,2,12-14H2,1H3,(H,20,22). The van der Waals surface area contributed by atoms with Crippen LogP contribution in [0.15, 0.2) is 59.5 Å². The Kier molecular flexibility index (Phi) is 7.51. The molecule has 0 aliphatic carbocycles. The van der Waals surface area contributed by atoms with Gasteiger partial charge in [-0.3, -0.25) is 4.79 Å². The fraction of sp³-hybridized carbons (Fsp3) is 0.263. The maximum absolute atomic E-state index is 12.0. The smallest absolute Gasteiger partial charge is 0.338 e. The van der Waals surface area contributed by atoms with Crippen molar-refractivity contribution in [3.63, 3.8) is 0 Å². The van der Waals surface area contributed by atoms with Crippen molar-refractivity contribution >= 4 is 21.9 Å². The monoisotopic (exact) mass is 390 g/mol. The predicted octanol–water partition coefficient (Wildman–Crippen LogP) is 1.50. The van der Waals surface area contributed by atoms with Crippen LogP contribution in [0.3, 0.4) is 0 Å². The van der Waals surface area contributed by atoms with Crippen LogP contribution in [0, 0.1) is 0 Å². The topological polar surface area (TPSA) is 102 Å². The third-order valence-electron chi connectivity index (χ3n) is 3.65. The van der Waals surface area contributed by atoms with Crippen molar-refractivity contribution in [2.45, 2.75) is 18.2 Å². The molecule has 0 unspecified atom stereocenters. The SMILES string of the molecule is CCNS(=O)(=O)c1ccc(C(=O)OCC(=O)NCCc2ccccc2)cc1. The molecule has 0 aliphatic rings. The molecule has 0 bridgehead atoms. The third kappa shape index (κ3) is 6.50. The summed E-state index contributed by atoms with van der Waals surface area (Å²) in [5, 5.41) is 2.68. The Morgan fingerprint density at radius 1 is 1.00 bits per heavy atom. The molecule has 8 heteroatoms. The van der Waals surface area contributed by atoms with Gasteiger partial charge in [-0.15, -0.1) is 0 Å². The zero-order valence-electron chi connectivity index (χ0n) is 15.0. The lowest BCUT2D eigenvalue weighted by atomic mass is 10.1. The molecule has 2 aromatic rings. The van der Waals surface area contributed by atoms with E-state index in [4.69, 9.17) is 4.74 Å². The number of ether oxygens (including phenoxy) is 1. The number of benzene rings is 2. The van der Waals surface area contributed by atoms with Crippen molar-refractivity contribution < 1.29 is 22.7 Å². The van der Waals surface area contributed by atoms with Crippen LogP contribution < -0.4 is 10.0 Å². The summed E-state index contributed by atoms with van der Waals surface area (Å²) in [6.45, 7) is 1.99. The number of nitrogens with one attached hydrogen (secondary N) is 2.